The highest BCUT2D eigenvalue weighted by molar-refractivity contribution is 4.52. The lowest BCUT2D eigenvalue weighted by molar-refractivity contribution is 0.686. The second-order valence-electron chi connectivity index (χ2n) is 0.271. The van der Waals surface area contributed by atoms with Gasteiger partial charge in [-0.25, -0.2) is 0 Å². The molecule has 0 aliphatic heterocycles. The monoisotopic (exact) mass is 57.0 g/mol. The third-order valence-corrected chi connectivity index (χ3v) is 0.0668. The second kappa shape index (κ2) is 2.45. The largest absolute Gasteiger partial charge is 0.208 e. The Hall–Kier alpha value is -0.550. The molecule has 0 heterocycles. The van der Waals surface area contributed by atoms with Crippen LogP contribution in [0.1, 0.15) is 0 Å². The zero-order valence-electron chi connectivity index (χ0n) is 2.09. The van der Waals surface area contributed by atoms with E-state index in [1.807, 2.05) is 0 Å². The predicted molar refractivity (Wildman–Crippen MR) is 13.5 cm³/mol. The van der Waals surface area contributed by atoms with Crippen molar-refractivity contribution in [3.63, 3.8) is 0 Å². The van der Waals surface area contributed by atoms with E-state index in [2.05, 4.69) is 6.58 Å². The van der Waals surface area contributed by atoms with Gasteiger partial charge in [0.05, 0.1) is 0 Å². The summed E-state index contributed by atoms with van der Waals surface area (Å²) in [5.41, 5.74) is 1.76. The van der Waals surface area contributed by atoms with Crippen molar-refractivity contribution < 1.29 is 4.39 Å². The van der Waals surface area contributed by atoms with E-state index in [9.17, 15) is 4.39 Å². The smallest absolute Gasteiger partial charge is 0.194 e. The summed E-state index contributed by atoms with van der Waals surface area (Å²) in [6, 6.07) is 0. The molecule has 21 valence electrons. The highest BCUT2D eigenvalue weighted by Gasteiger charge is 1.34. The van der Waals surface area contributed by atoms with Gasteiger partial charge in [0.15, 0.2) is 0 Å². The molecule has 0 aromatic heterocycles. The van der Waals surface area contributed by atoms with E-state index in [1.54, 1.807) is 5.73 Å². The van der Waals surface area contributed by atoms with Crippen molar-refractivity contribution in [1.29, 1.82) is 0 Å². The Bertz CT molecular complexity index is 41.2. The minimum Gasteiger partial charge on any atom is -0.194 e. The molecule has 0 unspecified atom stereocenters. The molecule has 1 radical (unpaired) electrons. The first kappa shape index (κ1) is 3.45. The van der Waals surface area contributed by atoms with Gasteiger partial charge in [-0.15, -0.1) is 0 Å². The van der Waals surface area contributed by atoms with Gasteiger partial charge in [-0.3, -0.25) is 0 Å². The van der Waals surface area contributed by atoms with Crippen LogP contribution in [0.3, 0.4) is 0 Å². The minimum atomic E-state index is 1.07. The molecule has 4 heavy (non-hydrogen) atoms. The van der Waals surface area contributed by atoms with Crippen LogP contribution in [0, 0.1) is 6.33 Å². The molecule has 0 aromatic carbocycles. The highest BCUT2D eigenvalue weighted by Crippen LogP contribution is 1.51. The van der Waals surface area contributed by atoms with Crippen molar-refractivity contribution in [3.05, 3.63) is 18.6 Å². The predicted octanol–water partition coefficient (Wildman–Crippen LogP) is 1.06. The summed E-state index contributed by atoms with van der Waals surface area (Å²) in [5.74, 6) is 0. The summed E-state index contributed by atoms with van der Waals surface area (Å²) in [6.45, 7) is 2.87. The Labute approximate surface area is 24.3 Å². The van der Waals surface area contributed by atoms with Gasteiger partial charge in [0.1, 0.15) is 0 Å². The normalized spacial score (nSPS) is 4.25. The van der Waals surface area contributed by atoms with Gasteiger partial charge in [-0.05, 0) is 0 Å². The van der Waals surface area contributed by atoms with Crippen LogP contribution in [-0.2, 0) is 0 Å². The molecule has 0 aliphatic carbocycles. The summed E-state index contributed by atoms with van der Waals surface area (Å²) in [4.78, 5) is 0. The van der Waals surface area contributed by atoms with Crippen LogP contribution < -0.4 is 0 Å². The van der Waals surface area contributed by atoms with E-state index in [0.29, 0.717) is 0 Å². The fourth-order valence-corrected chi connectivity index (χ4v) is 0. The molecule has 0 fully saturated rings. The Morgan fingerprint density at radius 3 is 2.00 bits per heavy atom. The van der Waals surface area contributed by atoms with Gasteiger partial charge in [-0.2, -0.15) is 4.39 Å². The Balaban J connectivity index is 3.11. The van der Waals surface area contributed by atoms with Crippen molar-refractivity contribution >= 4 is 0 Å². The molecule has 1 heteroatoms. The maximum Gasteiger partial charge on any atom is 0.208 e. The molecule has 0 N–H and O–H groups in total. The van der Waals surface area contributed by atoms with E-state index >= 15 is 0 Å². The van der Waals surface area contributed by atoms with E-state index in [1.165, 1.54) is 0 Å². The van der Waals surface area contributed by atoms with Crippen molar-refractivity contribution in [2.75, 3.05) is 0 Å². The van der Waals surface area contributed by atoms with Crippen LogP contribution >= 0.6 is 0 Å². The van der Waals surface area contributed by atoms with Gasteiger partial charge in [0, 0.05) is 0 Å². The molecular formula is C3H2F. The maximum atomic E-state index is 10.3. The highest BCUT2D eigenvalue weighted by atomic mass is 19.1. The summed E-state index contributed by atoms with van der Waals surface area (Å²) < 4.78 is 10.3. The van der Waals surface area contributed by atoms with Crippen molar-refractivity contribution in [3.8, 4) is 0 Å². The molecule has 0 aliphatic rings. The number of halogens is 1. The average molecular weight is 57.0 g/mol. The third-order valence-electron chi connectivity index (χ3n) is 0.0668. The lowest BCUT2D eigenvalue weighted by Crippen LogP contribution is -1.13. The van der Waals surface area contributed by atoms with Crippen LogP contribution in [0.25, 0.3) is 0 Å². The first-order valence-corrected chi connectivity index (χ1v) is 0.793. The summed E-state index contributed by atoms with van der Waals surface area (Å²) in [5, 5.41) is 0. The molecule has 0 atom stereocenters. The van der Waals surface area contributed by atoms with Gasteiger partial charge in [-0.1, -0.05) is 12.3 Å². The molecule has 0 saturated carbocycles. The topological polar surface area (TPSA) is 0 Å². The van der Waals surface area contributed by atoms with E-state index < -0.39 is 0 Å². The van der Waals surface area contributed by atoms with Crippen LogP contribution in [-0.4, -0.2) is 0 Å². The Morgan fingerprint density at radius 2 is 2.00 bits per heavy atom. The molecule has 0 bridgehead atoms. The zero-order valence-corrected chi connectivity index (χ0v) is 2.09. The van der Waals surface area contributed by atoms with Crippen LogP contribution in [0.5, 0.6) is 0 Å². The average Bonchev–Trinajstić information content (AvgIpc) is 1.37. The van der Waals surface area contributed by atoms with Gasteiger partial charge >= 0.3 is 0 Å². The van der Waals surface area contributed by atoms with E-state index in [4.69, 9.17) is 0 Å². The van der Waals surface area contributed by atoms with Crippen LogP contribution in [0.4, 0.5) is 4.39 Å². The SMILES string of the molecule is C=C=[C]F. The standard InChI is InChI=1S/C3H2F/c1-2-3-4/h1H2. The molecule has 0 spiro atoms. The summed E-state index contributed by atoms with van der Waals surface area (Å²) >= 11 is 0. The Morgan fingerprint density at radius 1 is 1.75 bits per heavy atom. The first-order valence-electron chi connectivity index (χ1n) is 0.793. The van der Waals surface area contributed by atoms with Gasteiger partial charge in [0.2, 0.25) is 6.33 Å². The van der Waals surface area contributed by atoms with Gasteiger partial charge < -0.3 is 0 Å². The number of rotatable bonds is 0. The second-order valence-corrected chi connectivity index (χ2v) is 0.271. The number of hydrogen-bond acceptors (Lipinski definition) is 0. The minimum absolute atomic E-state index is 1.07. The molecule has 0 amide bonds. The fourth-order valence-electron chi connectivity index (χ4n) is 0. The van der Waals surface area contributed by atoms with Crippen molar-refractivity contribution in [2.24, 2.45) is 0 Å². The van der Waals surface area contributed by atoms with Crippen LogP contribution in [0.2, 0.25) is 0 Å². The van der Waals surface area contributed by atoms with Crippen LogP contribution in [0.15, 0.2) is 12.3 Å². The molecule has 0 saturated heterocycles. The maximum absolute atomic E-state index is 10.3. The fraction of sp³-hybridized carbons (Fsp3) is 0. The number of hydrogen-bond donors (Lipinski definition) is 0. The lowest BCUT2D eigenvalue weighted by atomic mass is 11.0. The summed E-state index contributed by atoms with van der Waals surface area (Å²) in [6.07, 6.45) is 1.07. The van der Waals surface area contributed by atoms with E-state index in [0.717, 1.165) is 6.33 Å². The molecule has 0 rings (SSSR count). The molecule has 0 aromatic rings. The molecular weight excluding hydrogens is 55.0 g/mol. The Kier molecular flexibility index (Phi) is 2.11. The third kappa shape index (κ3) is 1.45. The van der Waals surface area contributed by atoms with Crippen molar-refractivity contribution in [1.82, 2.24) is 0 Å². The van der Waals surface area contributed by atoms with Crippen molar-refractivity contribution in [2.45, 2.75) is 0 Å². The van der Waals surface area contributed by atoms with Gasteiger partial charge in [0.25, 0.3) is 0 Å². The lowest BCUT2D eigenvalue weighted by Gasteiger charge is -1.30. The quantitative estimate of drug-likeness (QED) is 0.364. The zero-order chi connectivity index (χ0) is 3.41. The summed E-state index contributed by atoms with van der Waals surface area (Å²) in [7, 11) is 0. The van der Waals surface area contributed by atoms with E-state index in [-0.39, 0.29) is 0 Å². The molecule has 0 nitrogen and oxygen atoms in total. The first-order chi connectivity index (χ1) is 1.91.